The molecule has 5 nitrogen and oxygen atoms in total. The van der Waals surface area contributed by atoms with Gasteiger partial charge in [0.1, 0.15) is 18.0 Å². The fourth-order valence-electron chi connectivity index (χ4n) is 1.63. The molecule has 0 atom stereocenters. The highest BCUT2D eigenvalue weighted by Crippen LogP contribution is 2.27. The van der Waals surface area contributed by atoms with E-state index >= 15 is 0 Å². The van der Waals surface area contributed by atoms with E-state index in [0.29, 0.717) is 16.5 Å². The number of carbonyl (C=O) groups is 2. The molecular weight excluding hydrogens is 329 g/mol. The SMILES string of the molecule is O=C(O)CNC(=O)c1ccc(Oc2ccc(Cl)cc2)cc1Cl. The lowest BCUT2D eigenvalue weighted by Gasteiger charge is -2.09. The molecule has 0 aromatic heterocycles. The summed E-state index contributed by atoms with van der Waals surface area (Å²) in [6, 6.07) is 11.3. The molecule has 114 valence electrons. The van der Waals surface area contributed by atoms with Crippen LogP contribution in [0.4, 0.5) is 0 Å². The van der Waals surface area contributed by atoms with Crippen LogP contribution in [0.1, 0.15) is 10.4 Å². The van der Waals surface area contributed by atoms with E-state index in [-0.39, 0.29) is 10.6 Å². The number of rotatable bonds is 5. The summed E-state index contributed by atoms with van der Waals surface area (Å²) in [4.78, 5) is 22.2. The summed E-state index contributed by atoms with van der Waals surface area (Å²) in [5.41, 5.74) is 0.173. The highest BCUT2D eigenvalue weighted by Gasteiger charge is 2.12. The van der Waals surface area contributed by atoms with E-state index in [1.165, 1.54) is 12.1 Å². The second kappa shape index (κ2) is 7.15. The second-order valence-corrected chi connectivity index (χ2v) is 5.12. The quantitative estimate of drug-likeness (QED) is 0.872. The summed E-state index contributed by atoms with van der Waals surface area (Å²) in [7, 11) is 0. The van der Waals surface area contributed by atoms with Crippen molar-refractivity contribution < 1.29 is 19.4 Å². The molecule has 2 aromatic carbocycles. The summed E-state index contributed by atoms with van der Waals surface area (Å²) in [6.45, 7) is -0.474. The normalized spacial score (nSPS) is 10.1. The van der Waals surface area contributed by atoms with Crippen LogP contribution in [0.15, 0.2) is 42.5 Å². The van der Waals surface area contributed by atoms with E-state index in [1.807, 2.05) is 0 Å². The molecule has 0 spiro atoms. The van der Waals surface area contributed by atoms with Crippen LogP contribution in [0.2, 0.25) is 10.0 Å². The van der Waals surface area contributed by atoms with Crippen LogP contribution in [-0.2, 0) is 4.79 Å². The van der Waals surface area contributed by atoms with Crippen molar-refractivity contribution in [3.63, 3.8) is 0 Å². The maximum Gasteiger partial charge on any atom is 0.322 e. The van der Waals surface area contributed by atoms with E-state index in [0.717, 1.165) is 0 Å². The fraction of sp³-hybridized carbons (Fsp3) is 0.0667. The van der Waals surface area contributed by atoms with E-state index < -0.39 is 18.4 Å². The molecule has 22 heavy (non-hydrogen) atoms. The number of carboxylic acids is 1. The Bertz CT molecular complexity index is 701. The predicted octanol–water partition coefficient (Wildman–Crippen LogP) is 3.60. The smallest absolute Gasteiger partial charge is 0.322 e. The third-order valence-corrected chi connectivity index (χ3v) is 3.20. The van der Waals surface area contributed by atoms with Crippen LogP contribution in [0.5, 0.6) is 11.5 Å². The number of carboxylic acid groups (broad SMARTS) is 1. The minimum Gasteiger partial charge on any atom is -0.480 e. The minimum atomic E-state index is -1.13. The first-order chi connectivity index (χ1) is 10.5. The van der Waals surface area contributed by atoms with Crippen molar-refractivity contribution in [2.24, 2.45) is 0 Å². The van der Waals surface area contributed by atoms with Gasteiger partial charge >= 0.3 is 5.97 Å². The van der Waals surface area contributed by atoms with Crippen molar-refractivity contribution >= 4 is 35.1 Å². The van der Waals surface area contributed by atoms with E-state index in [9.17, 15) is 9.59 Å². The lowest BCUT2D eigenvalue weighted by Crippen LogP contribution is -2.29. The molecule has 0 radical (unpaired) electrons. The highest BCUT2D eigenvalue weighted by molar-refractivity contribution is 6.34. The average Bonchev–Trinajstić information content (AvgIpc) is 2.47. The number of nitrogens with one attached hydrogen (secondary N) is 1. The number of carbonyl (C=O) groups excluding carboxylic acids is 1. The molecule has 0 heterocycles. The number of hydrogen-bond acceptors (Lipinski definition) is 3. The monoisotopic (exact) mass is 339 g/mol. The van der Waals surface area contributed by atoms with Gasteiger partial charge in [0.05, 0.1) is 10.6 Å². The maximum absolute atomic E-state index is 11.8. The van der Waals surface area contributed by atoms with Gasteiger partial charge in [-0.25, -0.2) is 0 Å². The summed E-state index contributed by atoms with van der Waals surface area (Å²) < 4.78 is 5.58. The number of aliphatic carboxylic acids is 1. The molecule has 2 rings (SSSR count). The molecular formula is C15H11Cl2NO4. The number of benzene rings is 2. The van der Waals surface area contributed by atoms with Crippen LogP contribution in [0.25, 0.3) is 0 Å². The van der Waals surface area contributed by atoms with E-state index in [4.69, 9.17) is 33.0 Å². The third kappa shape index (κ3) is 4.38. The first-order valence-electron chi connectivity index (χ1n) is 6.18. The Morgan fingerprint density at radius 2 is 1.68 bits per heavy atom. The molecule has 0 aliphatic carbocycles. The predicted molar refractivity (Wildman–Crippen MR) is 82.9 cm³/mol. The van der Waals surface area contributed by atoms with Gasteiger partial charge in [-0.15, -0.1) is 0 Å². The average molecular weight is 340 g/mol. The zero-order valence-corrected chi connectivity index (χ0v) is 12.7. The van der Waals surface area contributed by atoms with Crippen LogP contribution >= 0.6 is 23.2 Å². The maximum atomic E-state index is 11.8. The van der Waals surface area contributed by atoms with Gasteiger partial charge in [-0.1, -0.05) is 23.2 Å². The molecule has 0 aliphatic rings. The van der Waals surface area contributed by atoms with Crippen molar-refractivity contribution in [1.29, 1.82) is 0 Å². The van der Waals surface area contributed by atoms with Crippen LogP contribution in [0.3, 0.4) is 0 Å². The number of halogens is 2. The van der Waals surface area contributed by atoms with Gasteiger partial charge in [-0.05, 0) is 36.4 Å². The Morgan fingerprint density at radius 1 is 1.05 bits per heavy atom. The van der Waals surface area contributed by atoms with E-state index in [2.05, 4.69) is 5.32 Å². The first-order valence-corrected chi connectivity index (χ1v) is 6.94. The van der Waals surface area contributed by atoms with Crippen LogP contribution in [0, 0.1) is 0 Å². The number of hydrogen-bond donors (Lipinski definition) is 2. The van der Waals surface area contributed by atoms with Crippen molar-refractivity contribution in [2.45, 2.75) is 0 Å². The van der Waals surface area contributed by atoms with Gasteiger partial charge in [0.25, 0.3) is 5.91 Å². The standard InChI is InChI=1S/C15H11Cl2NO4/c16-9-1-3-10(4-2-9)22-11-5-6-12(13(17)7-11)15(21)18-8-14(19)20/h1-7H,8H2,(H,18,21)(H,19,20). The van der Waals surface area contributed by atoms with Crippen molar-refractivity contribution in [3.05, 3.63) is 58.1 Å². The molecule has 0 fully saturated rings. The van der Waals surface area contributed by atoms with Crippen molar-refractivity contribution in [3.8, 4) is 11.5 Å². The lowest BCUT2D eigenvalue weighted by atomic mass is 10.2. The zero-order chi connectivity index (χ0) is 16.1. The van der Waals surface area contributed by atoms with Crippen LogP contribution < -0.4 is 10.1 Å². The number of amides is 1. The topological polar surface area (TPSA) is 75.6 Å². The molecule has 0 saturated carbocycles. The molecule has 7 heteroatoms. The molecule has 1 amide bonds. The van der Waals surface area contributed by atoms with Crippen molar-refractivity contribution in [1.82, 2.24) is 5.32 Å². The summed E-state index contributed by atoms with van der Waals surface area (Å²) >= 11 is 11.8. The van der Waals surface area contributed by atoms with Crippen LogP contribution in [-0.4, -0.2) is 23.5 Å². The lowest BCUT2D eigenvalue weighted by molar-refractivity contribution is -0.135. The number of ether oxygens (including phenoxy) is 1. The minimum absolute atomic E-state index is 0.161. The summed E-state index contributed by atoms with van der Waals surface area (Å²) in [5, 5.41) is 11.5. The summed E-state index contributed by atoms with van der Waals surface area (Å²) in [6.07, 6.45) is 0. The van der Waals surface area contributed by atoms with Gasteiger partial charge in [0.15, 0.2) is 0 Å². The van der Waals surface area contributed by atoms with Crippen molar-refractivity contribution in [2.75, 3.05) is 6.54 Å². The first kappa shape index (κ1) is 16.1. The van der Waals surface area contributed by atoms with Gasteiger partial charge in [-0.3, -0.25) is 9.59 Å². The zero-order valence-electron chi connectivity index (χ0n) is 11.2. The third-order valence-electron chi connectivity index (χ3n) is 2.63. The Labute approximate surface area is 136 Å². The van der Waals surface area contributed by atoms with Gasteiger partial charge < -0.3 is 15.2 Å². The molecule has 0 aliphatic heterocycles. The Balaban J connectivity index is 2.10. The Kier molecular flexibility index (Phi) is 5.25. The highest BCUT2D eigenvalue weighted by atomic mass is 35.5. The van der Waals surface area contributed by atoms with Gasteiger partial charge in [-0.2, -0.15) is 0 Å². The van der Waals surface area contributed by atoms with Gasteiger partial charge in [0.2, 0.25) is 0 Å². The Hall–Kier alpha value is -2.24. The van der Waals surface area contributed by atoms with Gasteiger partial charge in [0, 0.05) is 11.1 Å². The molecule has 0 saturated heterocycles. The van der Waals surface area contributed by atoms with E-state index in [1.54, 1.807) is 30.3 Å². The molecule has 2 N–H and O–H groups in total. The second-order valence-electron chi connectivity index (χ2n) is 4.27. The fourth-order valence-corrected chi connectivity index (χ4v) is 2.02. The molecule has 0 bridgehead atoms. The summed E-state index contributed by atoms with van der Waals surface area (Å²) in [5.74, 6) is -0.678. The largest absolute Gasteiger partial charge is 0.480 e. The Morgan fingerprint density at radius 3 is 2.27 bits per heavy atom. The molecule has 2 aromatic rings. The molecule has 0 unspecified atom stereocenters.